The predicted octanol–water partition coefficient (Wildman–Crippen LogP) is 13.4. The summed E-state index contributed by atoms with van der Waals surface area (Å²) in [7, 11) is 0. The second-order valence-corrected chi connectivity index (χ2v) is 15.5. The fraction of sp³-hybridized carbons (Fsp3) is 0. The maximum Gasteiger partial charge on any atom is 0.166 e. The molecular weight excluding hydrogens is 715 g/mol. The quantitative estimate of drug-likeness (QED) is 0.176. The molecule has 0 radical (unpaired) electrons. The van der Waals surface area contributed by atoms with Crippen LogP contribution in [0.5, 0.6) is 0 Å². The van der Waals surface area contributed by atoms with Gasteiger partial charge in [0.1, 0.15) is 0 Å². The summed E-state index contributed by atoms with van der Waals surface area (Å²) in [6.07, 6.45) is 0. The lowest BCUT2D eigenvalue weighted by Crippen LogP contribution is -2.02. The summed E-state index contributed by atoms with van der Waals surface area (Å²) in [5.74, 6) is 1.92. The Morgan fingerprint density at radius 3 is 1.58 bits per heavy atom. The van der Waals surface area contributed by atoms with Crippen LogP contribution in [-0.4, -0.2) is 24.1 Å². The molecule has 12 rings (SSSR count). The minimum Gasteiger partial charge on any atom is -0.308 e. The van der Waals surface area contributed by atoms with Gasteiger partial charge in [-0.1, -0.05) is 140 Å². The molecule has 0 unspecified atom stereocenters. The molecule has 0 bridgehead atoms. The monoisotopic (exact) mass is 745 g/mol. The summed E-state index contributed by atoms with van der Waals surface area (Å²) < 4.78 is 7.35. The van der Waals surface area contributed by atoms with Crippen molar-refractivity contribution < 1.29 is 0 Å². The average Bonchev–Trinajstić information content (AvgIpc) is 3.93. The number of thiophene rings is 1. The first-order valence-corrected chi connectivity index (χ1v) is 19.9. The van der Waals surface area contributed by atoms with E-state index in [4.69, 9.17) is 15.0 Å². The molecule has 6 heteroatoms. The van der Waals surface area contributed by atoms with Gasteiger partial charge in [-0.05, 0) is 48.5 Å². The van der Waals surface area contributed by atoms with Crippen LogP contribution in [0.25, 0.3) is 109 Å². The first-order valence-electron chi connectivity index (χ1n) is 19.1. The molecule has 0 aliphatic carbocycles. The molecule has 0 saturated carbocycles. The molecule has 0 spiro atoms. The maximum absolute atomic E-state index is 5.18. The van der Waals surface area contributed by atoms with E-state index in [0.717, 1.165) is 38.8 Å². The Balaban J connectivity index is 1.14. The number of hydrogen-bond acceptors (Lipinski definition) is 4. The van der Waals surface area contributed by atoms with Crippen molar-refractivity contribution in [2.24, 2.45) is 0 Å². The third-order valence-corrected chi connectivity index (χ3v) is 12.4. The van der Waals surface area contributed by atoms with Gasteiger partial charge in [0.2, 0.25) is 0 Å². The summed E-state index contributed by atoms with van der Waals surface area (Å²) in [5.41, 5.74) is 9.76. The largest absolute Gasteiger partial charge is 0.308 e. The van der Waals surface area contributed by atoms with E-state index in [1.165, 1.54) is 53.1 Å². The van der Waals surface area contributed by atoms with Crippen LogP contribution in [0.15, 0.2) is 188 Å². The van der Waals surface area contributed by atoms with Crippen LogP contribution >= 0.6 is 11.3 Å². The first-order chi connectivity index (χ1) is 28.3. The van der Waals surface area contributed by atoms with Crippen molar-refractivity contribution in [2.45, 2.75) is 0 Å². The summed E-state index contributed by atoms with van der Waals surface area (Å²) in [6.45, 7) is 0. The van der Waals surface area contributed by atoms with Crippen molar-refractivity contribution >= 4 is 75.1 Å². The number of rotatable bonds is 5. The third-order valence-electron chi connectivity index (χ3n) is 11.2. The summed E-state index contributed by atoms with van der Waals surface area (Å²) >= 11 is 1.86. The number of hydrogen-bond donors (Lipinski definition) is 0. The van der Waals surface area contributed by atoms with Crippen LogP contribution in [-0.2, 0) is 0 Å². The molecular formula is C51H31N5S. The molecule has 4 aromatic heterocycles. The highest BCUT2D eigenvalue weighted by molar-refractivity contribution is 7.26. The minimum absolute atomic E-state index is 0.636. The highest BCUT2D eigenvalue weighted by atomic mass is 32.1. The molecule has 0 atom stereocenters. The molecule has 0 fully saturated rings. The van der Waals surface area contributed by atoms with Crippen molar-refractivity contribution in [1.82, 2.24) is 24.1 Å². The van der Waals surface area contributed by atoms with E-state index >= 15 is 0 Å². The molecule has 0 aliphatic heterocycles. The van der Waals surface area contributed by atoms with Crippen molar-refractivity contribution in [3.8, 4) is 45.5 Å². The second kappa shape index (κ2) is 12.6. The Morgan fingerprint density at radius 1 is 0.368 bits per heavy atom. The number of benzene rings is 8. The SMILES string of the molecule is c1ccc(-c2nc(-c3ccccc3)nc(-c3cccc4c5cc6c(cc5n(-c5ccccc5)c34)sc3c(-n4c5ccccc5c5ccccc54)cccc36)n2)cc1. The van der Waals surface area contributed by atoms with Gasteiger partial charge in [-0.15, -0.1) is 11.3 Å². The number of para-hydroxylation sites is 4. The molecule has 57 heavy (non-hydrogen) atoms. The summed E-state index contributed by atoms with van der Waals surface area (Å²) in [5, 5.41) is 7.37. The Morgan fingerprint density at radius 2 is 0.912 bits per heavy atom. The van der Waals surface area contributed by atoms with E-state index < -0.39 is 0 Å². The van der Waals surface area contributed by atoms with Crippen LogP contribution in [0, 0.1) is 0 Å². The second-order valence-electron chi connectivity index (χ2n) is 14.4. The van der Waals surface area contributed by atoms with Gasteiger partial charge >= 0.3 is 0 Å². The number of aromatic nitrogens is 5. The molecule has 5 nitrogen and oxygen atoms in total. The zero-order valence-electron chi connectivity index (χ0n) is 30.5. The minimum atomic E-state index is 0.636. The molecule has 0 N–H and O–H groups in total. The van der Waals surface area contributed by atoms with Crippen LogP contribution in [0.4, 0.5) is 0 Å². The lowest BCUT2D eigenvalue weighted by atomic mass is 10.1. The van der Waals surface area contributed by atoms with E-state index in [1.54, 1.807) is 0 Å². The van der Waals surface area contributed by atoms with Crippen molar-refractivity contribution in [1.29, 1.82) is 0 Å². The van der Waals surface area contributed by atoms with Crippen LogP contribution < -0.4 is 0 Å². The molecule has 8 aromatic carbocycles. The van der Waals surface area contributed by atoms with Gasteiger partial charge in [0.15, 0.2) is 17.5 Å². The smallest absolute Gasteiger partial charge is 0.166 e. The lowest BCUT2D eigenvalue weighted by molar-refractivity contribution is 1.07. The van der Waals surface area contributed by atoms with Crippen LogP contribution in [0.3, 0.4) is 0 Å². The molecule has 0 aliphatic rings. The Hall–Kier alpha value is -7.41. The Kier molecular flexibility index (Phi) is 7.03. The van der Waals surface area contributed by atoms with Crippen LogP contribution in [0.2, 0.25) is 0 Å². The van der Waals surface area contributed by atoms with E-state index in [1.807, 2.05) is 47.7 Å². The van der Waals surface area contributed by atoms with Gasteiger partial charge in [-0.3, -0.25) is 0 Å². The van der Waals surface area contributed by atoms with Gasteiger partial charge in [0, 0.05) is 59.4 Å². The fourth-order valence-electron chi connectivity index (χ4n) is 8.65. The maximum atomic E-state index is 5.18. The van der Waals surface area contributed by atoms with Crippen molar-refractivity contribution in [3.05, 3.63) is 188 Å². The summed E-state index contributed by atoms with van der Waals surface area (Å²) in [6, 6.07) is 66.5. The summed E-state index contributed by atoms with van der Waals surface area (Å²) in [4.78, 5) is 15.4. The van der Waals surface area contributed by atoms with E-state index in [2.05, 4.69) is 161 Å². The topological polar surface area (TPSA) is 48.5 Å². The standard InChI is InChI=1S/C51H31N5S/c1-4-16-32(17-5-1)49-52-50(33-18-6-2-7-19-33)54-51(53-49)39-26-14-24-37-40-30-41-38-25-15-29-44(56-42-27-12-10-22-35(42)36-23-11-13-28-43(36)56)48(38)57-46(41)31-45(40)55(47(37)39)34-20-8-3-9-21-34/h1-31H. The molecule has 12 aromatic rings. The average molecular weight is 746 g/mol. The van der Waals surface area contributed by atoms with E-state index in [-0.39, 0.29) is 0 Å². The molecule has 0 amide bonds. The van der Waals surface area contributed by atoms with Crippen LogP contribution in [0.1, 0.15) is 0 Å². The van der Waals surface area contributed by atoms with E-state index in [0.29, 0.717) is 17.5 Å². The first kappa shape index (κ1) is 31.9. The van der Waals surface area contributed by atoms with Gasteiger partial charge in [0.05, 0.1) is 32.5 Å². The predicted molar refractivity (Wildman–Crippen MR) is 238 cm³/mol. The number of fused-ring (bicyclic) bond motifs is 9. The Labute approximate surface area is 331 Å². The van der Waals surface area contributed by atoms with Gasteiger partial charge < -0.3 is 9.13 Å². The van der Waals surface area contributed by atoms with Gasteiger partial charge in [0.25, 0.3) is 0 Å². The molecule has 4 heterocycles. The fourth-order valence-corrected chi connectivity index (χ4v) is 9.88. The zero-order chi connectivity index (χ0) is 37.5. The Bertz CT molecular complexity index is 3400. The number of nitrogens with zero attached hydrogens (tertiary/aromatic N) is 5. The molecule has 0 saturated heterocycles. The lowest BCUT2D eigenvalue weighted by Gasteiger charge is -2.12. The highest BCUT2D eigenvalue weighted by Gasteiger charge is 2.22. The zero-order valence-corrected chi connectivity index (χ0v) is 31.4. The van der Waals surface area contributed by atoms with E-state index in [9.17, 15) is 0 Å². The normalized spacial score (nSPS) is 11.9. The molecule has 266 valence electrons. The van der Waals surface area contributed by atoms with Crippen molar-refractivity contribution in [2.75, 3.05) is 0 Å². The van der Waals surface area contributed by atoms with Crippen molar-refractivity contribution in [3.63, 3.8) is 0 Å². The third kappa shape index (κ3) is 4.91. The van der Waals surface area contributed by atoms with Gasteiger partial charge in [-0.25, -0.2) is 15.0 Å². The van der Waals surface area contributed by atoms with Gasteiger partial charge in [-0.2, -0.15) is 0 Å². The highest BCUT2D eigenvalue weighted by Crippen LogP contribution is 2.45.